The van der Waals surface area contributed by atoms with Crippen molar-refractivity contribution < 1.29 is 8.42 Å². The third kappa shape index (κ3) is 2.84. The first-order chi connectivity index (χ1) is 9.07. The summed E-state index contributed by atoms with van der Waals surface area (Å²) < 4.78 is 27.2. The average Bonchev–Trinajstić information content (AvgIpc) is 3.23. The molecule has 5 nitrogen and oxygen atoms in total. The molecular formula is C12H16BrN3O2S. The van der Waals surface area contributed by atoms with Crippen molar-refractivity contribution in [3.63, 3.8) is 0 Å². The molecule has 3 rings (SSSR count). The van der Waals surface area contributed by atoms with Crippen LogP contribution in [0.5, 0.6) is 0 Å². The quantitative estimate of drug-likeness (QED) is 0.828. The van der Waals surface area contributed by atoms with Gasteiger partial charge in [-0.1, -0.05) is 0 Å². The summed E-state index contributed by atoms with van der Waals surface area (Å²) >= 11 is 3.26. The summed E-state index contributed by atoms with van der Waals surface area (Å²) in [5.41, 5.74) is 0. The summed E-state index contributed by atoms with van der Waals surface area (Å²) in [7, 11) is -3.40. The second-order valence-electron chi connectivity index (χ2n) is 5.01. The van der Waals surface area contributed by atoms with E-state index in [0.717, 1.165) is 13.1 Å². The molecule has 1 aliphatic heterocycles. The standard InChI is InChI=1S/C12H16BrN3O2S/c13-10-7-12(9-14-8-10)19(17,18)16-5-3-15(4-6-16)11-1-2-11/h7-9,11H,1-6H2. The lowest BCUT2D eigenvalue weighted by Gasteiger charge is -2.33. The van der Waals surface area contributed by atoms with Crippen molar-refractivity contribution in [2.45, 2.75) is 23.8 Å². The van der Waals surface area contributed by atoms with Crippen LogP contribution in [0.1, 0.15) is 12.8 Å². The largest absolute Gasteiger partial charge is 0.298 e. The molecule has 0 aromatic carbocycles. The maximum atomic E-state index is 12.5. The number of hydrogen-bond acceptors (Lipinski definition) is 4. The molecule has 0 unspecified atom stereocenters. The van der Waals surface area contributed by atoms with E-state index < -0.39 is 10.0 Å². The van der Waals surface area contributed by atoms with Crippen molar-refractivity contribution in [3.8, 4) is 0 Å². The topological polar surface area (TPSA) is 53.5 Å². The Bertz CT molecular complexity index is 566. The Morgan fingerprint density at radius 2 is 1.84 bits per heavy atom. The fourth-order valence-corrected chi connectivity index (χ4v) is 4.36. The van der Waals surface area contributed by atoms with Crippen molar-refractivity contribution in [1.82, 2.24) is 14.2 Å². The molecule has 2 heterocycles. The molecule has 0 N–H and O–H groups in total. The Morgan fingerprint density at radius 3 is 2.42 bits per heavy atom. The molecule has 0 spiro atoms. The molecule has 0 bridgehead atoms. The van der Waals surface area contributed by atoms with Gasteiger partial charge >= 0.3 is 0 Å². The average molecular weight is 346 g/mol. The summed E-state index contributed by atoms with van der Waals surface area (Å²) in [6, 6.07) is 2.31. The molecule has 7 heteroatoms. The second-order valence-corrected chi connectivity index (χ2v) is 7.86. The molecule has 1 aliphatic carbocycles. The fourth-order valence-electron chi connectivity index (χ4n) is 2.43. The third-order valence-electron chi connectivity index (χ3n) is 3.65. The van der Waals surface area contributed by atoms with Gasteiger partial charge in [-0.15, -0.1) is 0 Å². The summed E-state index contributed by atoms with van der Waals surface area (Å²) in [6.07, 6.45) is 5.53. The number of piperazine rings is 1. The normalized spacial score (nSPS) is 22.6. The maximum Gasteiger partial charge on any atom is 0.244 e. The molecule has 2 fully saturated rings. The van der Waals surface area contributed by atoms with Gasteiger partial charge in [-0.25, -0.2) is 8.42 Å². The van der Waals surface area contributed by atoms with Gasteiger partial charge in [0.05, 0.1) is 0 Å². The van der Waals surface area contributed by atoms with Gasteiger partial charge in [0, 0.05) is 49.1 Å². The van der Waals surface area contributed by atoms with E-state index in [2.05, 4.69) is 25.8 Å². The van der Waals surface area contributed by atoms with Crippen LogP contribution in [0.3, 0.4) is 0 Å². The van der Waals surface area contributed by atoms with E-state index >= 15 is 0 Å². The number of halogens is 1. The van der Waals surface area contributed by atoms with Crippen LogP contribution in [0.2, 0.25) is 0 Å². The molecule has 1 saturated carbocycles. The van der Waals surface area contributed by atoms with Crippen molar-refractivity contribution in [2.24, 2.45) is 0 Å². The van der Waals surface area contributed by atoms with E-state index in [1.165, 1.54) is 19.0 Å². The predicted molar refractivity (Wildman–Crippen MR) is 75.3 cm³/mol. The Hall–Kier alpha value is -0.500. The van der Waals surface area contributed by atoms with Gasteiger partial charge in [-0.3, -0.25) is 9.88 Å². The van der Waals surface area contributed by atoms with Crippen LogP contribution >= 0.6 is 15.9 Å². The van der Waals surface area contributed by atoms with Gasteiger partial charge < -0.3 is 0 Å². The van der Waals surface area contributed by atoms with Gasteiger partial charge in [-0.05, 0) is 34.8 Å². The first-order valence-corrected chi connectivity index (χ1v) is 8.65. The Balaban J connectivity index is 1.74. The lowest BCUT2D eigenvalue weighted by molar-refractivity contribution is 0.180. The minimum atomic E-state index is -3.40. The molecule has 1 aromatic heterocycles. The first kappa shape index (κ1) is 13.5. The van der Waals surface area contributed by atoms with E-state index in [1.807, 2.05) is 0 Å². The minimum absolute atomic E-state index is 0.266. The highest BCUT2D eigenvalue weighted by Crippen LogP contribution is 2.28. The van der Waals surface area contributed by atoms with Crippen LogP contribution in [0.4, 0.5) is 0 Å². The summed E-state index contributed by atoms with van der Waals surface area (Å²) in [4.78, 5) is 6.59. The molecule has 0 amide bonds. The van der Waals surface area contributed by atoms with Crippen LogP contribution in [0.25, 0.3) is 0 Å². The van der Waals surface area contributed by atoms with Crippen LogP contribution in [-0.4, -0.2) is 54.8 Å². The number of pyridine rings is 1. The molecule has 2 aliphatic rings. The first-order valence-electron chi connectivity index (χ1n) is 6.42. The van der Waals surface area contributed by atoms with Gasteiger partial charge in [0.1, 0.15) is 4.90 Å². The Labute approximate surface area is 121 Å². The summed E-state index contributed by atoms with van der Waals surface area (Å²) in [5.74, 6) is 0. The summed E-state index contributed by atoms with van der Waals surface area (Å²) in [6.45, 7) is 2.83. The zero-order chi connectivity index (χ0) is 13.5. The van der Waals surface area contributed by atoms with Gasteiger partial charge in [0.2, 0.25) is 10.0 Å². The predicted octanol–water partition coefficient (Wildman–Crippen LogP) is 1.31. The van der Waals surface area contributed by atoms with E-state index in [4.69, 9.17) is 0 Å². The van der Waals surface area contributed by atoms with Crippen LogP contribution < -0.4 is 0 Å². The second kappa shape index (κ2) is 5.12. The van der Waals surface area contributed by atoms with Crippen LogP contribution in [0.15, 0.2) is 27.8 Å². The third-order valence-corrected chi connectivity index (χ3v) is 5.95. The lowest BCUT2D eigenvalue weighted by Crippen LogP contribution is -2.49. The fraction of sp³-hybridized carbons (Fsp3) is 0.583. The van der Waals surface area contributed by atoms with E-state index in [9.17, 15) is 8.42 Å². The Kier molecular flexibility index (Phi) is 3.63. The van der Waals surface area contributed by atoms with Gasteiger partial charge in [-0.2, -0.15) is 4.31 Å². The summed E-state index contributed by atoms with van der Waals surface area (Å²) in [5, 5.41) is 0. The van der Waals surface area contributed by atoms with Crippen LogP contribution in [-0.2, 0) is 10.0 Å². The smallest absolute Gasteiger partial charge is 0.244 e. The van der Waals surface area contributed by atoms with E-state index in [0.29, 0.717) is 23.6 Å². The van der Waals surface area contributed by atoms with Crippen molar-refractivity contribution in [1.29, 1.82) is 0 Å². The maximum absolute atomic E-state index is 12.5. The highest BCUT2D eigenvalue weighted by Gasteiger charge is 2.34. The number of aromatic nitrogens is 1. The number of rotatable bonds is 3. The highest BCUT2D eigenvalue weighted by atomic mass is 79.9. The van der Waals surface area contributed by atoms with Crippen molar-refractivity contribution in [2.75, 3.05) is 26.2 Å². The molecular weight excluding hydrogens is 330 g/mol. The molecule has 1 aromatic rings. The lowest BCUT2D eigenvalue weighted by atomic mass is 10.3. The minimum Gasteiger partial charge on any atom is -0.298 e. The molecule has 1 saturated heterocycles. The number of hydrogen-bond donors (Lipinski definition) is 0. The Morgan fingerprint density at radius 1 is 1.16 bits per heavy atom. The monoisotopic (exact) mass is 345 g/mol. The van der Waals surface area contributed by atoms with E-state index in [1.54, 1.807) is 16.6 Å². The van der Waals surface area contributed by atoms with Crippen molar-refractivity contribution >= 4 is 26.0 Å². The zero-order valence-corrected chi connectivity index (χ0v) is 12.9. The van der Waals surface area contributed by atoms with E-state index in [-0.39, 0.29) is 4.90 Å². The van der Waals surface area contributed by atoms with Gasteiger partial charge in [0.15, 0.2) is 0 Å². The zero-order valence-electron chi connectivity index (χ0n) is 10.5. The molecule has 104 valence electrons. The van der Waals surface area contributed by atoms with Crippen LogP contribution in [0, 0.1) is 0 Å². The van der Waals surface area contributed by atoms with Gasteiger partial charge in [0.25, 0.3) is 0 Å². The number of sulfonamides is 1. The molecule has 0 radical (unpaired) electrons. The number of nitrogens with zero attached hydrogens (tertiary/aromatic N) is 3. The van der Waals surface area contributed by atoms with Crippen molar-refractivity contribution in [3.05, 3.63) is 22.9 Å². The SMILES string of the molecule is O=S(=O)(c1cncc(Br)c1)N1CCN(C2CC2)CC1. The molecule has 0 atom stereocenters. The highest BCUT2D eigenvalue weighted by molar-refractivity contribution is 9.10. The molecule has 19 heavy (non-hydrogen) atoms.